The molecule has 2 aliphatic rings. The summed E-state index contributed by atoms with van der Waals surface area (Å²) in [7, 11) is 0. The summed E-state index contributed by atoms with van der Waals surface area (Å²) in [6, 6.07) is 15.7. The largest absolute Gasteiger partial charge is 0.439 e. The number of thioether (sulfide) groups is 1. The molecule has 4 heteroatoms. The molecule has 0 spiro atoms. The summed E-state index contributed by atoms with van der Waals surface area (Å²) in [5.41, 5.74) is 1.85. The highest BCUT2D eigenvalue weighted by atomic mass is 32.2. The number of allylic oxidation sites excluding steroid dienone is 3. The van der Waals surface area contributed by atoms with Crippen LogP contribution in [0.4, 0.5) is 5.69 Å². The van der Waals surface area contributed by atoms with Crippen LogP contribution < -0.4 is 9.64 Å². The van der Waals surface area contributed by atoms with Crippen LogP contribution in [-0.2, 0) is 0 Å². The number of ketones is 1. The topological polar surface area (TPSA) is 29.5 Å². The highest BCUT2D eigenvalue weighted by molar-refractivity contribution is 8.04. The molecule has 0 N–H and O–H groups in total. The summed E-state index contributed by atoms with van der Waals surface area (Å²) in [4.78, 5) is 16.2. The number of hydrogen-bond donors (Lipinski definition) is 0. The third kappa shape index (κ3) is 2.35. The minimum Gasteiger partial charge on any atom is -0.439 e. The molecule has 2 aromatic rings. The number of rotatable bonds is 2. The molecule has 0 aliphatic carbocycles. The van der Waals surface area contributed by atoms with Gasteiger partial charge in [-0.15, -0.1) is 0 Å². The predicted octanol–water partition coefficient (Wildman–Crippen LogP) is 4.62. The Balaban J connectivity index is 1.64. The molecule has 3 nitrogen and oxygen atoms in total. The van der Waals surface area contributed by atoms with Crippen molar-refractivity contribution in [3.8, 4) is 5.75 Å². The molecule has 0 fully saturated rings. The fourth-order valence-electron chi connectivity index (χ4n) is 2.80. The number of carbonyl (C=O) groups excluding carboxylic acids is 1. The third-order valence-corrected chi connectivity index (χ3v) is 5.02. The molecule has 0 bridgehead atoms. The molecule has 23 heavy (non-hydrogen) atoms. The van der Waals surface area contributed by atoms with Gasteiger partial charge in [0.15, 0.2) is 5.75 Å². The lowest BCUT2D eigenvalue weighted by molar-refractivity contribution is 0.104. The summed E-state index contributed by atoms with van der Waals surface area (Å²) >= 11 is 1.51. The number of anilines is 1. The lowest BCUT2D eigenvalue weighted by Gasteiger charge is -2.14. The second kappa shape index (κ2) is 5.63. The maximum Gasteiger partial charge on any atom is 0.200 e. The van der Waals surface area contributed by atoms with Crippen LogP contribution in [0.2, 0.25) is 0 Å². The van der Waals surface area contributed by atoms with E-state index in [0.717, 1.165) is 39.2 Å². The van der Waals surface area contributed by atoms with Crippen molar-refractivity contribution in [1.29, 1.82) is 0 Å². The van der Waals surface area contributed by atoms with Gasteiger partial charge in [0, 0.05) is 23.1 Å². The Morgan fingerprint density at radius 1 is 1.09 bits per heavy atom. The maximum atomic E-state index is 12.4. The molecule has 0 aromatic heterocycles. The van der Waals surface area contributed by atoms with E-state index in [1.54, 1.807) is 0 Å². The molecule has 0 saturated carbocycles. The number of fused-ring (bicyclic) bond motifs is 2. The van der Waals surface area contributed by atoms with Gasteiger partial charge in [0.2, 0.25) is 11.7 Å². The minimum atomic E-state index is 0.0843. The normalized spacial score (nSPS) is 19.2. The lowest BCUT2D eigenvalue weighted by Crippen LogP contribution is -2.19. The van der Waals surface area contributed by atoms with Gasteiger partial charge in [0.25, 0.3) is 0 Å². The summed E-state index contributed by atoms with van der Waals surface area (Å²) in [5, 5.41) is 0. The first-order valence-electron chi connectivity index (χ1n) is 7.56. The average molecular weight is 321 g/mol. The quantitative estimate of drug-likeness (QED) is 0.755. The minimum absolute atomic E-state index is 0.0843. The number of carbonyl (C=O) groups is 1. The molecule has 4 rings (SSSR count). The van der Waals surface area contributed by atoms with Crippen LogP contribution >= 0.6 is 11.8 Å². The molecular formula is C19H15NO2S. The first-order valence-corrected chi connectivity index (χ1v) is 8.37. The van der Waals surface area contributed by atoms with Crippen molar-refractivity contribution in [2.45, 2.75) is 11.8 Å². The summed E-state index contributed by atoms with van der Waals surface area (Å²) in [6.45, 7) is 2.89. The smallest absolute Gasteiger partial charge is 0.200 e. The molecule has 2 heterocycles. The van der Waals surface area contributed by atoms with Gasteiger partial charge in [-0.3, -0.25) is 4.79 Å². The van der Waals surface area contributed by atoms with Crippen LogP contribution in [0.3, 0.4) is 0 Å². The van der Waals surface area contributed by atoms with Gasteiger partial charge in [-0.05, 0) is 37.3 Å². The summed E-state index contributed by atoms with van der Waals surface area (Å²) < 4.78 is 5.90. The Morgan fingerprint density at radius 2 is 1.87 bits per heavy atom. The van der Waals surface area contributed by atoms with Crippen LogP contribution in [-0.4, -0.2) is 12.3 Å². The predicted molar refractivity (Wildman–Crippen MR) is 92.9 cm³/mol. The Kier molecular flexibility index (Phi) is 3.46. The fourth-order valence-corrected chi connectivity index (χ4v) is 3.79. The van der Waals surface area contributed by atoms with Crippen molar-refractivity contribution >= 4 is 23.2 Å². The summed E-state index contributed by atoms with van der Waals surface area (Å²) in [6.07, 6.45) is 3.74. The highest BCUT2D eigenvalue weighted by Crippen LogP contribution is 2.41. The van der Waals surface area contributed by atoms with Crippen LogP contribution in [0.25, 0.3) is 0 Å². The number of benzene rings is 2. The van der Waals surface area contributed by atoms with Crippen molar-refractivity contribution < 1.29 is 9.53 Å². The van der Waals surface area contributed by atoms with E-state index in [0.29, 0.717) is 0 Å². The van der Waals surface area contributed by atoms with E-state index in [4.69, 9.17) is 4.74 Å². The van der Waals surface area contributed by atoms with Crippen LogP contribution in [0.5, 0.6) is 5.75 Å². The molecule has 0 amide bonds. The number of ether oxygens (including phenoxy) is 1. The Morgan fingerprint density at radius 3 is 2.70 bits per heavy atom. The zero-order valence-corrected chi connectivity index (χ0v) is 13.5. The summed E-state index contributed by atoms with van der Waals surface area (Å²) in [5.74, 6) is 1.69. The van der Waals surface area contributed by atoms with Crippen LogP contribution in [0, 0.1) is 0 Å². The first kappa shape index (κ1) is 14.2. The average Bonchev–Trinajstić information content (AvgIpc) is 3.10. The molecule has 0 saturated heterocycles. The van der Waals surface area contributed by atoms with Gasteiger partial charge in [0.1, 0.15) is 0 Å². The fraction of sp³-hybridized carbons (Fsp3) is 0.105. The van der Waals surface area contributed by atoms with E-state index < -0.39 is 0 Å². The van der Waals surface area contributed by atoms with Gasteiger partial charge in [-0.25, -0.2) is 0 Å². The Bertz CT molecular complexity index is 854. The van der Waals surface area contributed by atoms with E-state index in [2.05, 4.69) is 11.8 Å². The van der Waals surface area contributed by atoms with E-state index >= 15 is 0 Å². The first-order chi connectivity index (χ1) is 11.3. The van der Waals surface area contributed by atoms with E-state index in [1.807, 2.05) is 60.7 Å². The third-order valence-electron chi connectivity index (χ3n) is 3.91. The van der Waals surface area contributed by atoms with E-state index in [-0.39, 0.29) is 5.78 Å². The van der Waals surface area contributed by atoms with Gasteiger partial charge < -0.3 is 9.64 Å². The van der Waals surface area contributed by atoms with Crippen LogP contribution in [0.1, 0.15) is 17.3 Å². The highest BCUT2D eigenvalue weighted by Gasteiger charge is 2.26. The monoisotopic (exact) mass is 321 g/mol. The molecular weight excluding hydrogens is 306 g/mol. The number of nitrogens with zero attached hydrogens (tertiary/aromatic N) is 1. The zero-order chi connectivity index (χ0) is 15.8. The standard InChI is InChI=1S/C19H15NO2S/c1-2-20-14-8-4-5-9-15(14)22-18(20)12-11-17-19(21)13-7-3-6-10-16(13)23-17/h3-12H,2H2,1H3. The molecule has 0 atom stereocenters. The Hall–Kier alpha value is -2.46. The molecule has 114 valence electrons. The van der Waals surface area contributed by atoms with E-state index in [1.165, 1.54) is 11.8 Å². The van der Waals surface area contributed by atoms with Gasteiger partial charge in [-0.1, -0.05) is 36.0 Å². The lowest BCUT2D eigenvalue weighted by atomic mass is 10.1. The van der Waals surface area contributed by atoms with Crippen molar-refractivity contribution in [2.75, 3.05) is 11.4 Å². The van der Waals surface area contributed by atoms with Crippen molar-refractivity contribution in [3.63, 3.8) is 0 Å². The zero-order valence-electron chi connectivity index (χ0n) is 12.7. The van der Waals surface area contributed by atoms with Crippen molar-refractivity contribution in [1.82, 2.24) is 0 Å². The van der Waals surface area contributed by atoms with Gasteiger partial charge >= 0.3 is 0 Å². The number of Topliss-reactive ketones (excluding diaryl/α,β-unsaturated/α-hetero) is 1. The number of hydrogen-bond acceptors (Lipinski definition) is 4. The van der Waals surface area contributed by atoms with Crippen LogP contribution in [0.15, 0.2) is 76.4 Å². The second-order valence-corrected chi connectivity index (χ2v) is 6.36. The maximum absolute atomic E-state index is 12.4. The second-order valence-electron chi connectivity index (χ2n) is 5.28. The van der Waals surface area contributed by atoms with Gasteiger partial charge in [0.05, 0.1) is 10.6 Å². The van der Waals surface area contributed by atoms with Crippen molar-refractivity contribution in [2.24, 2.45) is 0 Å². The number of para-hydroxylation sites is 2. The molecule has 2 aliphatic heterocycles. The SMILES string of the molecule is CCN1C(=CC=C2Sc3ccccc3C2=O)Oc2ccccc21. The molecule has 0 radical (unpaired) electrons. The molecule has 2 aromatic carbocycles. The Labute approximate surface area is 139 Å². The van der Waals surface area contributed by atoms with Crippen molar-refractivity contribution in [3.05, 3.63) is 77.0 Å². The molecule has 0 unspecified atom stereocenters. The van der Waals surface area contributed by atoms with Gasteiger partial charge in [-0.2, -0.15) is 0 Å². The van der Waals surface area contributed by atoms with E-state index in [9.17, 15) is 4.79 Å².